The van der Waals surface area contributed by atoms with Gasteiger partial charge >= 0.3 is 0 Å². The van der Waals surface area contributed by atoms with Crippen molar-refractivity contribution in [2.45, 2.75) is 0 Å². The molecule has 3 heteroatoms. The summed E-state index contributed by atoms with van der Waals surface area (Å²) < 4.78 is 1.07. The van der Waals surface area contributed by atoms with E-state index >= 15 is 0 Å². The van der Waals surface area contributed by atoms with E-state index in [4.69, 9.17) is 23.2 Å². The van der Waals surface area contributed by atoms with Crippen LogP contribution in [0.15, 0.2) is 23.6 Å². The van der Waals surface area contributed by atoms with Crippen LogP contribution in [-0.2, 0) is 0 Å². The average Bonchev–Trinajstić information content (AvgIpc) is 2.45. The Morgan fingerprint density at radius 2 is 1.91 bits per heavy atom. The van der Waals surface area contributed by atoms with Crippen molar-refractivity contribution < 1.29 is 0 Å². The van der Waals surface area contributed by atoms with E-state index in [9.17, 15) is 0 Å². The molecule has 0 fully saturated rings. The lowest BCUT2D eigenvalue weighted by Crippen LogP contribution is -1.67. The van der Waals surface area contributed by atoms with Gasteiger partial charge in [0.25, 0.3) is 0 Å². The lowest BCUT2D eigenvalue weighted by molar-refractivity contribution is 1.84. The summed E-state index contributed by atoms with van der Waals surface area (Å²) in [6, 6.07) is 5.82. The number of fused-ring (bicyclic) bond motifs is 1. The molecule has 0 bridgehead atoms. The number of thiophene rings is 1. The molecule has 0 amide bonds. The Morgan fingerprint density at radius 3 is 2.73 bits per heavy atom. The van der Waals surface area contributed by atoms with Crippen molar-refractivity contribution in [1.29, 1.82) is 0 Å². The molecule has 0 saturated heterocycles. The van der Waals surface area contributed by atoms with E-state index in [1.165, 1.54) is 0 Å². The van der Waals surface area contributed by atoms with Crippen LogP contribution in [0.4, 0.5) is 0 Å². The van der Waals surface area contributed by atoms with Crippen LogP contribution in [0.25, 0.3) is 10.1 Å². The zero-order valence-corrected chi connectivity index (χ0v) is 7.80. The Bertz CT molecular complexity index is 392. The molecule has 0 spiro atoms. The smallest absolute Gasteiger partial charge is 0.0770 e. The molecule has 0 atom stereocenters. The second kappa shape index (κ2) is 2.67. The molecule has 0 radical (unpaired) electrons. The quantitative estimate of drug-likeness (QED) is 0.601. The Labute approximate surface area is 78.4 Å². The third-order valence-corrected chi connectivity index (χ3v) is 3.38. The maximum absolute atomic E-state index is 5.95. The highest BCUT2D eigenvalue weighted by atomic mass is 35.5. The SMILES string of the molecule is Clc1ccc2ccsc2c1Cl. The number of rotatable bonds is 0. The number of hydrogen-bond acceptors (Lipinski definition) is 1. The van der Waals surface area contributed by atoms with E-state index in [1.807, 2.05) is 23.6 Å². The van der Waals surface area contributed by atoms with E-state index in [0.29, 0.717) is 10.0 Å². The van der Waals surface area contributed by atoms with Crippen LogP contribution < -0.4 is 0 Å². The van der Waals surface area contributed by atoms with Crippen LogP contribution in [0.5, 0.6) is 0 Å². The summed E-state index contributed by atoms with van der Waals surface area (Å²) >= 11 is 13.4. The average molecular weight is 203 g/mol. The third kappa shape index (κ3) is 1.13. The first-order valence-corrected chi connectivity index (χ1v) is 4.74. The third-order valence-electron chi connectivity index (χ3n) is 1.51. The van der Waals surface area contributed by atoms with Crippen molar-refractivity contribution in [3.63, 3.8) is 0 Å². The van der Waals surface area contributed by atoms with Gasteiger partial charge in [-0.1, -0.05) is 29.3 Å². The van der Waals surface area contributed by atoms with Crippen molar-refractivity contribution in [3.05, 3.63) is 33.6 Å². The molecule has 0 aliphatic heterocycles. The van der Waals surface area contributed by atoms with Crippen LogP contribution in [0, 0.1) is 0 Å². The van der Waals surface area contributed by atoms with Crippen molar-refractivity contribution in [3.8, 4) is 0 Å². The first-order chi connectivity index (χ1) is 5.29. The van der Waals surface area contributed by atoms with E-state index in [-0.39, 0.29) is 0 Å². The van der Waals surface area contributed by atoms with Gasteiger partial charge in [0.1, 0.15) is 0 Å². The predicted molar refractivity (Wildman–Crippen MR) is 51.8 cm³/mol. The molecular formula is C8H4Cl2S. The number of halogens is 2. The predicted octanol–water partition coefficient (Wildman–Crippen LogP) is 4.21. The first kappa shape index (κ1) is 7.41. The van der Waals surface area contributed by atoms with Gasteiger partial charge in [-0.25, -0.2) is 0 Å². The van der Waals surface area contributed by atoms with Gasteiger partial charge in [-0.05, 0) is 22.9 Å². The lowest BCUT2D eigenvalue weighted by Gasteiger charge is -1.94. The normalized spacial score (nSPS) is 10.7. The molecule has 1 aromatic carbocycles. The summed E-state index contributed by atoms with van der Waals surface area (Å²) in [5.41, 5.74) is 0. The monoisotopic (exact) mass is 202 g/mol. The second-order valence-electron chi connectivity index (χ2n) is 2.20. The standard InChI is InChI=1S/C8H4Cl2S/c9-6-2-1-5-3-4-11-8(5)7(6)10/h1-4H. The summed E-state index contributed by atoms with van der Waals surface area (Å²) in [6.45, 7) is 0. The molecular weight excluding hydrogens is 199 g/mol. The fourth-order valence-corrected chi connectivity index (χ4v) is 2.33. The summed E-state index contributed by atoms with van der Waals surface area (Å²) in [7, 11) is 0. The van der Waals surface area contributed by atoms with Crippen molar-refractivity contribution in [1.82, 2.24) is 0 Å². The molecule has 0 unspecified atom stereocenters. The summed E-state index contributed by atoms with van der Waals surface area (Å²) in [5.74, 6) is 0. The van der Waals surface area contributed by atoms with Crippen LogP contribution in [0.1, 0.15) is 0 Å². The highest BCUT2D eigenvalue weighted by molar-refractivity contribution is 7.18. The lowest BCUT2D eigenvalue weighted by atomic mass is 10.3. The van der Waals surface area contributed by atoms with Gasteiger partial charge in [0.05, 0.1) is 14.7 Å². The van der Waals surface area contributed by atoms with Gasteiger partial charge in [0.15, 0.2) is 0 Å². The molecule has 2 rings (SSSR count). The van der Waals surface area contributed by atoms with Gasteiger partial charge < -0.3 is 0 Å². The molecule has 11 heavy (non-hydrogen) atoms. The molecule has 1 aromatic heterocycles. The highest BCUT2D eigenvalue weighted by Crippen LogP contribution is 2.33. The Morgan fingerprint density at radius 1 is 1.09 bits per heavy atom. The van der Waals surface area contributed by atoms with E-state index < -0.39 is 0 Å². The van der Waals surface area contributed by atoms with Crippen LogP contribution in [0.2, 0.25) is 10.0 Å². The molecule has 0 aliphatic carbocycles. The van der Waals surface area contributed by atoms with Gasteiger partial charge in [0.2, 0.25) is 0 Å². The largest absolute Gasteiger partial charge is 0.142 e. The van der Waals surface area contributed by atoms with Gasteiger partial charge in [0, 0.05) is 0 Å². The van der Waals surface area contributed by atoms with Crippen molar-refractivity contribution in [2.75, 3.05) is 0 Å². The van der Waals surface area contributed by atoms with Gasteiger partial charge in [-0.15, -0.1) is 11.3 Å². The molecule has 0 N–H and O–H groups in total. The molecule has 56 valence electrons. The topological polar surface area (TPSA) is 0 Å². The fourth-order valence-electron chi connectivity index (χ4n) is 0.973. The summed E-state index contributed by atoms with van der Waals surface area (Å²) in [5, 5.41) is 4.46. The Balaban J connectivity index is 2.93. The number of benzene rings is 1. The Hall–Kier alpha value is -0.240. The summed E-state index contributed by atoms with van der Waals surface area (Å²) in [4.78, 5) is 0. The highest BCUT2D eigenvalue weighted by Gasteiger charge is 2.03. The van der Waals surface area contributed by atoms with Gasteiger partial charge in [-0.3, -0.25) is 0 Å². The zero-order chi connectivity index (χ0) is 7.84. The minimum atomic E-state index is 0.626. The van der Waals surface area contributed by atoms with Crippen molar-refractivity contribution >= 4 is 44.6 Å². The zero-order valence-electron chi connectivity index (χ0n) is 5.47. The van der Waals surface area contributed by atoms with Crippen LogP contribution in [-0.4, -0.2) is 0 Å². The summed E-state index contributed by atoms with van der Waals surface area (Å²) in [6.07, 6.45) is 0. The Kier molecular flexibility index (Phi) is 1.80. The van der Waals surface area contributed by atoms with Crippen LogP contribution >= 0.6 is 34.5 Å². The van der Waals surface area contributed by atoms with E-state index in [1.54, 1.807) is 11.3 Å². The number of hydrogen-bond donors (Lipinski definition) is 0. The maximum Gasteiger partial charge on any atom is 0.0770 e. The molecule has 2 aromatic rings. The minimum Gasteiger partial charge on any atom is -0.142 e. The van der Waals surface area contributed by atoms with E-state index in [2.05, 4.69) is 0 Å². The van der Waals surface area contributed by atoms with Crippen molar-refractivity contribution in [2.24, 2.45) is 0 Å². The van der Waals surface area contributed by atoms with Gasteiger partial charge in [-0.2, -0.15) is 0 Å². The van der Waals surface area contributed by atoms with E-state index in [0.717, 1.165) is 10.1 Å². The molecule has 0 nitrogen and oxygen atoms in total. The molecule has 0 saturated carbocycles. The van der Waals surface area contributed by atoms with Crippen LogP contribution in [0.3, 0.4) is 0 Å². The second-order valence-corrected chi connectivity index (χ2v) is 3.90. The molecule has 1 heterocycles. The first-order valence-electron chi connectivity index (χ1n) is 3.10. The molecule has 0 aliphatic rings. The minimum absolute atomic E-state index is 0.626. The maximum atomic E-state index is 5.95. The fraction of sp³-hybridized carbons (Fsp3) is 0.